The average molecular weight is 274 g/mol. The van der Waals surface area contributed by atoms with E-state index in [-0.39, 0.29) is 0 Å². The van der Waals surface area contributed by atoms with Gasteiger partial charge in [0.15, 0.2) is 5.96 Å². The molecule has 2 rings (SSSR count). The van der Waals surface area contributed by atoms with Crippen molar-refractivity contribution in [2.75, 3.05) is 26.7 Å². The first-order valence-electron chi connectivity index (χ1n) is 7.55. The van der Waals surface area contributed by atoms with Crippen molar-refractivity contribution in [3.05, 3.63) is 29.6 Å². The van der Waals surface area contributed by atoms with Crippen LogP contribution in [0.5, 0.6) is 0 Å². The smallest absolute Gasteiger partial charge is 0.193 e. The van der Waals surface area contributed by atoms with Gasteiger partial charge in [0, 0.05) is 39.1 Å². The summed E-state index contributed by atoms with van der Waals surface area (Å²) in [7, 11) is 1.87. The van der Waals surface area contributed by atoms with Crippen LogP contribution in [0.15, 0.2) is 23.5 Å². The van der Waals surface area contributed by atoms with E-state index >= 15 is 0 Å². The maximum atomic E-state index is 4.41. The van der Waals surface area contributed by atoms with E-state index in [0.717, 1.165) is 37.9 Å². The summed E-state index contributed by atoms with van der Waals surface area (Å²) in [6.07, 6.45) is 7.34. The molecular formula is C16H26N4. The van der Waals surface area contributed by atoms with Crippen molar-refractivity contribution in [2.24, 2.45) is 10.9 Å². The molecule has 2 heterocycles. The van der Waals surface area contributed by atoms with Crippen LogP contribution in [-0.4, -0.2) is 42.5 Å². The molecule has 0 amide bonds. The summed E-state index contributed by atoms with van der Waals surface area (Å²) in [4.78, 5) is 10.9. The van der Waals surface area contributed by atoms with E-state index in [0.29, 0.717) is 0 Å². The molecule has 4 nitrogen and oxygen atoms in total. The Morgan fingerprint density at radius 1 is 1.45 bits per heavy atom. The molecule has 0 aromatic carbocycles. The van der Waals surface area contributed by atoms with Gasteiger partial charge in [0.2, 0.25) is 0 Å². The zero-order chi connectivity index (χ0) is 14.4. The van der Waals surface area contributed by atoms with E-state index in [9.17, 15) is 0 Å². The minimum Gasteiger partial charge on any atom is -0.356 e. The molecule has 0 radical (unpaired) electrons. The van der Waals surface area contributed by atoms with E-state index in [1.165, 1.54) is 24.0 Å². The maximum Gasteiger partial charge on any atom is 0.193 e. The van der Waals surface area contributed by atoms with Gasteiger partial charge in [-0.15, -0.1) is 0 Å². The van der Waals surface area contributed by atoms with Gasteiger partial charge in [0.05, 0.1) is 0 Å². The van der Waals surface area contributed by atoms with Gasteiger partial charge in [-0.3, -0.25) is 9.98 Å². The molecule has 1 N–H and O–H groups in total. The van der Waals surface area contributed by atoms with Crippen LogP contribution in [0.25, 0.3) is 0 Å². The predicted molar refractivity (Wildman–Crippen MR) is 84.0 cm³/mol. The summed E-state index contributed by atoms with van der Waals surface area (Å²) in [5.41, 5.74) is 2.62. The molecule has 0 saturated carbocycles. The summed E-state index contributed by atoms with van der Waals surface area (Å²) < 4.78 is 0. The summed E-state index contributed by atoms with van der Waals surface area (Å²) in [6, 6.07) is 2.10. The third kappa shape index (κ3) is 3.95. The Balaban J connectivity index is 1.81. The number of aromatic nitrogens is 1. The van der Waals surface area contributed by atoms with Crippen LogP contribution in [0.2, 0.25) is 0 Å². The third-order valence-corrected chi connectivity index (χ3v) is 4.11. The SMILES string of the molecule is CN=C(NCCc1ccncc1C)N1CCC(C)CC1. The minimum atomic E-state index is 0.851. The van der Waals surface area contributed by atoms with E-state index in [2.05, 4.69) is 40.1 Å². The number of aryl methyl sites for hydroxylation is 1. The molecule has 1 aromatic heterocycles. The van der Waals surface area contributed by atoms with Crippen molar-refractivity contribution in [1.29, 1.82) is 0 Å². The number of likely N-dealkylation sites (tertiary alicyclic amines) is 1. The molecular weight excluding hydrogens is 248 g/mol. The average Bonchev–Trinajstić information content (AvgIpc) is 2.47. The van der Waals surface area contributed by atoms with Gasteiger partial charge in [-0.25, -0.2) is 0 Å². The van der Waals surface area contributed by atoms with Crippen molar-refractivity contribution in [3.63, 3.8) is 0 Å². The highest BCUT2D eigenvalue weighted by molar-refractivity contribution is 5.79. The first kappa shape index (κ1) is 14.8. The Morgan fingerprint density at radius 3 is 2.85 bits per heavy atom. The van der Waals surface area contributed by atoms with Crippen LogP contribution in [-0.2, 0) is 6.42 Å². The second-order valence-corrected chi connectivity index (χ2v) is 5.70. The topological polar surface area (TPSA) is 40.5 Å². The molecule has 0 spiro atoms. The standard InChI is InChI=1S/C16H26N4/c1-13-6-10-20(11-7-13)16(17-3)19-9-5-15-4-8-18-12-14(15)2/h4,8,12-13H,5-7,9-11H2,1-3H3,(H,17,19). The Morgan fingerprint density at radius 2 is 2.20 bits per heavy atom. The number of hydrogen-bond donors (Lipinski definition) is 1. The Bertz CT molecular complexity index is 448. The second-order valence-electron chi connectivity index (χ2n) is 5.70. The number of pyridine rings is 1. The highest BCUT2D eigenvalue weighted by atomic mass is 15.3. The fourth-order valence-electron chi connectivity index (χ4n) is 2.64. The van der Waals surface area contributed by atoms with Crippen LogP contribution in [0.1, 0.15) is 30.9 Å². The van der Waals surface area contributed by atoms with Gasteiger partial charge < -0.3 is 10.2 Å². The Hall–Kier alpha value is -1.58. The monoisotopic (exact) mass is 274 g/mol. The molecule has 1 aliphatic heterocycles. The summed E-state index contributed by atoms with van der Waals surface area (Å²) in [6.45, 7) is 7.61. The first-order chi connectivity index (χ1) is 9.70. The van der Waals surface area contributed by atoms with E-state index in [4.69, 9.17) is 0 Å². The van der Waals surface area contributed by atoms with Crippen LogP contribution in [0.3, 0.4) is 0 Å². The number of rotatable bonds is 3. The van der Waals surface area contributed by atoms with E-state index in [1.54, 1.807) is 0 Å². The van der Waals surface area contributed by atoms with Crippen molar-refractivity contribution in [1.82, 2.24) is 15.2 Å². The highest BCUT2D eigenvalue weighted by Gasteiger charge is 2.18. The Labute approximate surface area is 122 Å². The fraction of sp³-hybridized carbons (Fsp3) is 0.625. The minimum absolute atomic E-state index is 0.851. The lowest BCUT2D eigenvalue weighted by Crippen LogP contribution is -2.45. The molecule has 1 saturated heterocycles. The normalized spacial score (nSPS) is 17.4. The molecule has 0 aliphatic carbocycles. The Kier molecular flexibility index (Phi) is 5.39. The van der Waals surface area contributed by atoms with Crippen molar-refractivity contribution in [2.45, 2.75) is 33.1 Å². The van der Waals surface area contributed by atoms with Crippen molar-refractivity contribution >= 4 is 5.96 Å². The lowest BCUT2D eigenvalue weighted by atomic mass is 9.99. The number of piperidine rings is 1. The van der Waals surface area contributed by atoms with Crippen LogP contribution < -0.4 is 5.32 Å². The van der Waals surface area contributed by atoms with Crippen molar-refractivity contribution in [3.8, 4) is 0 Å². The van der Waals surface area contributed by atoms with Gasteiger partial charge in [-0.05, 0) is 49.3 Å². The molecule has 0 unspecified atom stereocenters. The van der Waals surface area contributed by atoms with Gasteiger partial charge in [0.25, 0.3) is 0 Å². The van der Waals surface area contributed by atoms with Crippen molar-refractivity contribution < 1.29 is 0 Å². The number of aliphatic imine (C=N–C) groups is 1. The number of guanidine groups is 1. The summed E-state index contributed by atoms with van der Waals surface area (Å²) in [5.74, 6) is 1.90. The van der Waals surface area contributed by atoms with Gasteiger partial charge >= 0.3 is 0 Å². The van der Waals surface area contributed by atoms with Crippen LogP contribution in [0.4, 0.5) is 0 Å². The number of nitrogens with zero attached hydrogens (tertiary/aromatic N) is 3. The zero-order valence-corrected chi connectivity index (χ0v) is 12.9. The second kappa shape index (κ2) is 7.27. The van der Waals surface area contributed by atoms with E-state index in [1.807, 2.05) is 19.4 Å². The lowest BCUT2D eigenvalue weighted by Gasteiger charge is -2.32. The largest absolute Gasteiger partial charge is 0.356 e. The zero-order valence-electron chi connectivity index (χ0n) is 12.9. The number of nitrogens with one attached hydrogen (secondary N) is 1. The molecule has 1 aromatic rings. The molecule has 1 aliphatic rings. The fourth-order valence-corrected chi connectivity index (χ4v) is 2.64. The van der Waals surface area contributed by atoms with Gasteiger partial charge in [-0.2, -0.15) is 0 Å². The highest BCUT2D eigenvalue weighted by Crippen LogP contribution is 2.15. The molecule has 110 valence electrons. The van der Waals surface area contributed by atoms with Gasteiger partial charge in [0.1, 0.15) is 0 Å². The molecule has 1 fully saturated rings. The molecule has 20 heavy (non-hydrogen) atoms. The number of hydrogen-bond acceptors (Lipinski definition) is 2. The lowest BCUT2D eigenvalue weighted by molar-refractivity contribution is 0.273. The summed E-state index contributed by atoms with van der Waals surface area (Å²) in [5, 5.41) is 3.49. The summed E-state index contributed by atoms with van der Waals surface area (Å²) >= 11 is 0. The predicted octanol–water partition coefficient (Wildman–Crippen LogP) is 2.24. The maximum absolute atomic E-state index is 4.41. The molecule has 0 bridgehead atoms. The quantitative estimate of drug-likeness (QED) is 0.679. The molecule has 4 heteroatoms. The first-order valence-corrected chi connectivity index (χ1v) is 7.55. The third-order valence-electron chi connectivity index (χ3n) is 4.11. The molecule has 0 atom stereocenters. The van der Waals surface area contributed by atoms with Crippen LogP contribution in [0, 0.1) is 12.8 Å². The van der Waals surface area contributed by atoms with Gasteiger partial charge in [-0.1, -0.05) is 6.92 Å². The van der Waals surface area contributed by atoms with E-state index < -0.39 is 0 Å². The van der Waals surface area contributed by atoms with Crippen LogP contribution >= 0.6 is 0 Å².